The molecule has 3 aromatic rings. The van der Waals surface area contributed by atoms with Crippen molar-refractivity contribution < 1.29 is 0 Å². The second-order valence-electron chi connectivity index (χ2n) is 4.22. The predicted molar refractivity (Wildman–Crippen MR) is 75.6 cm³/mol. The monoisotopic (exact) mass is 258 g/mol. The maximum atomic E-state index is 5.81. The molecule has 2 aromatic heterocycles. The van der Waals surface area contributed by atoms with Gasteiger partial charge in [0.1, 0.15) is 5.82 Å². The van der Waals surface area contributed by atoms with Crippen molar-refractivity contribution in [2.75, 3.05) is 5.73 Å². The lowest BCUT2D eigenvalue weighted by atomic mass is 10.1. The summed E-state index contributed by atoms with van der Waals surface area (Å²) in [7, 11) is 1.85. The van der Waals surface area contributed by atoms with Gasteiger partial charge in [-0.05, 0) is 18.6 Å². The largest absolute Gasteiger partial charge is 0.384 e. The van der Waals surface area contributed by atoms with Gasteiger partial charge in [-0.1, -0.05) is 13.0 Å². The Morgan fingerprint density at radius 2 is 2.17 bits per heavy atom. The van der Waals surface area contributed by atoms with E-state index in [1.807, 2.05) is 25.2 Å². The first-order valence-corrected chi connectivity index (χ1v) is 6.68. The fourth-order valence-corrected chi connectivity index (χ4v) is 2.85. The number of hydrogen-bond donors (Lipinski definition) is 1. The van der Waals surface area contributed by atoms with Gasteiger partial charge in [0.25, 0.3) is 0 Å². The Balaban J connectivity index is 2.12. The lowest BCUT2D eigenvalue weighted by Crippen LogP contribution is -1.96. The van der Waals surface area contributed by atoms with E-state index >= 15 is 0 Å². The molecule has 0 saturated heterocycles. The topological polar surface area (TPSA) is 56.7 Å². The van der Waals surface area contributed by atoms with Gasteiger partial charge in [-0.25, -0.2) is 4.98 Å². The number of thiazole rings is 1. The Labute approximate surface area is 109 Å². The van der Waals surface area contributed by atoms with Crippen molar-refractivity contribution in [3.8, 4) is 11.3 Å². The number of nitrogens with zero attached hydrogens (tertiary/aromatic N) is 3. The summed E-state index contributed by atoms with van der Waals surface area (Å²) in [4.78, 5) is 4.56. The van der Waals surface area contributed by atoms with Crippen molar-refractivity contribution in [2.24, 2.45) is 7.05 Å². The molecule has 0 aliphatic rings. The summed E-state index contributed by atoms with van der Waals surface area (Å²) < 4.78 is 2.89. The van der Waals surface area contributed by atoms with Gasteiger partial charge in [-0.3, -0.25) is 4.68 Å². The van der Waals surface area contributed by atoms with E-state index in [-0.39, 0.29) is 0 Å². The number of benzene rings is 1. The highest BCUT2D eigenvalue weighted by molar-refractivity contribution is 7.18. The van der Waals surface area contributed by atoms with Crippen molar-refractivity contribution in [3.05, 3.63) is 29.3 Å². The molecule has 4 nitrogen and oxygen atoms in total. The van der Waals surface area contributed by atoms with Crippen LogP contribution in [0.25, 0.3) is 21.5 Å². The molecule has 0 fully saturated rings. The van der Waals surface area contributed by atoms with Crippen molar-refractivity contribution in [2.45, 2.75) is 13.3 Å². The molecular formula is C13H14N4S. The van der Waals surface area contributed by atoms with Crippen LogP contribution in [0.2, 0.25) is 0 Å². The number of nitrogen functional groups attached to an aromatic ring is 1. The molecule has 3 rings (SSSR count). The molecular weight excluding hydrogens is 244 g/mol. The van der Waals surface area contributed by atoms with Gasteiger partial charge in [0.2, 0.25) is 0 Å². The minimum Gasteiger partial charge on any atom is -0.384 e. The highest BCUT2D eigenvalue weighted by atomic mass is 32.1. The molecule has 0 unspecified atom stereocenters. The van der Waals surface area contributed by atoms with Gasteiger partial charge in [-0.15, -0.1) is 11.3 Å². The number of nitrogens with two attached hydrogens (primary N) is 1. The lowest BCUT2D eigenvalue weighted by molar-refractivity contribution is 0.782. The summed E-state index contributed by atoms with van der Waals surface area (Å²) in [5.41, 5.74) is 8.86. The van der Waals surface area contributed by atoms with Crippen LogP contribution in [0.15, 0.2) is 24.3 Å². The van der Waals surface area contributed by atoms with E-state index in [0.29, 0.717) is 5.82 Å². The van der Waals surface area contributed by atoms with E-state index in [0.717, 1.165) is 23.2 Å². The minimum absolute atomic E-state index is 0.670. The Kier molecular flexibility index (Phi) is 2.56. The van der Waals surface area contributed by atoms with E-state index in [1.54, 1.807) is 16.0 Å². The highest BCUT2D eigenvalue weighted by Gasteiger charge is 2.08. The van der Waals surface area contributed by atoms with Crippen LogP contribution in [0.5, 0.6) is 0 Å². The van der Waals surface area contributed by atoms with Crippen LogP contribution < -0.4 is 5.73 Å². The summed E-state index contributed by atoms with van der Waals surface area (Å²) in [6.07, 6.45) is 0.977. The smallest absolute Gasteiger partial charge is 0.121 e. The van der Waals surface area contributed by atoms with Gasteiger partial charge in [0.05, 0.1) is 20.9 Å². The van der Waals surface area contributed by atoms with E-state index in [2.05, 4.69) is 23.1 Å². The zero-order chi connectivity index (χ0) is 12.7. The summed E-state index contributed by atoms with van der Waals surface area (Å²) in [5.74, 6) is 0.670. The standard InChI is InChI=1S/C13H14N4S/c1-3-13-15-9-5-4-8(6-11(9)18-13)10-7-12(14)17(2)16-10/h4-7H,3,14H2,1-2H3. The van der Waals surface area contributed by atoms with E-state index < -0.39 is 0 Å². The second-order valence-corrected chi connectivity index (χ2v) is 5.34. The molecule has 2 N–H and O–H groups in total. The van der Waals surface area contributed by atoms with Crippen LogP contribution in [-0.2, 0) is 13.5 Å². The van der Waals surface area contributed by atoms with Gasteiger partial charge >= 0.3 is 0 Å². The molecule has 0 spiro atoms. The third-order valence-corrected chi connectivity index (χ3v) is 4.11. The maximum absolute atomic E-state index is 5.81. The van der Waals surface area contributed by atoms with Crippen LogP contribution >= 0.6 is 11.3 Å². The molecule has 18 heavy (non-hydrogen) atoms. The molecule has 92 valence electrons. The Morgan fingerprint density at radius 1 is 1.33 bits per heavy atom. The second kappa shape index (κ2) is 4.10. The first-order chi connectivity index (χ1) is 8.67. The normalized spacial score (nSPS) is 11.2. The minimum atomic E-state index is 0.670. The number of rotatable bonds is 2. The van der Waals surface area contributed by atoms with Crippen molar-refractivity contribution in [3.63, 3.8) is 0 Å². The summed E-state index contributed by atoms with van der Waals surface area (Å²) >= 11 is 1.74. The van der Waals surface area contributed by atoms with Crippen molar-refractivity contribution >= 4 is 27.4 Å². The van der Waals surface area contributed by atoms with E-state index in [9.17, 15) is 0 Å². The molecule has 0 amide bonds. The van der Waals surface area contributed by atoms with Crippen LogP contribution in [0, 0.1) is 0 Å². The Bertz CT molecular complexity index is 691. The number of aryl methyl sites for hydroxylation is 2. The third kappa shape index (κ3) is 1.76. The first kappa shape index (κ1) is 11.2. The molecule has 0 atom stereocenters. The molecule has 2 heterocycles. The van der Waals surface area contributed by atoms with Gasteiger partial charge in [0, 0.05) is 18.7 Å². The summed E-state index contributed by atoms with van der Waals surface area (Å²) in [6.45, 7) is 2.12. The number of anilines is 1. The van der Waals surface area contributed by atoms with Crippen molar-refractivity contribution in [1.82, 2.24) is 14.8 Å². The molecule has 0 aliphatic carbocycles. The molecule has 0 bridgehead atoms. The Hall–Kier alpha value is -1.88. The van der Waals surface area contributed by atoms with Crippen molar-refractivity contribution in [1.29, 1.82) is 0 Å². The third-order valence-electron chi connectivity index (χ3n) is 2.95. The fraction of sp³-hybridized carbons (Fsp3) is 0.231. The molecule has 5 heteroatoms. The lowest BCUT2D eigenvalue weighted by Gasteiger charge is -1.95. The van der Waals surface area contributed by atoms with E-state index in [1.165, 1.54) is 9.71 Å². The highest BCUT2D eigenvalue weighted by Crippen LogP contribution is 2.28. The Morgan fingerprint density at radius 3 is 2.83 bits per heavy atom. The molecule has 0 saturated carbocycles. The molecule has 1 aromatic carbocycles. The number of aromatic nitrogens is 3. The van der Waals surface area contributed by atoms with Crippen LogP contribution in [0.4, 0.5) is 5.82 Å². The average molecular weight is 258 g/mol. The fourth-order valence-electron chi connectivity index (χ4n) is 1.91. The van der Waals surface area contributed by atoms with Gasteiger partial charge < -0.3 is 5.73 Å². The van der Waals surface area contributed by atoms with Gasteiger partial charge in [0.15, 0.2) is 0 Å². The summed E-state index contributed by atoms with van der Waals surface area (Å²) in [5, 5.41) is 5.56. The maximum Gasteiger partial charge on any atom is 0.121 e. The van der Waals surface area contributed by atoms with E-state index in [4.69, 9.17) is 5.73 Å². The van der Waals surface area contributed by atoms with Crippen LogP contribution in [0.1, 0.15) is 11.9 Å². The zero-order valence-electron chi connectivity index (χ0n) is 10.3. The average Bonchev–Trinajstić information content (AvgIpc) is 2.92. The van der Waals surface area contributed by atoms with Gasteiger partial charge in [-0.2, -0.15) is 5.10 Å². The molecule has 0 radical (unpaired) electrons. The molecule has 0 aliphatic heterocycles. The quantitative estimate of drug-likeness (QED) is 0.769. The number of hydrogen-bond acceptors (Lipinski definition) is 4. The summed E-state index contributed by atoms with van der Waals surface area (Å²) in [6, 6.07) is 8.12. The predicted octanol–water partition coefficient (Wildman–Crippen LogP) is 2.84. The van der Waals surface area contributed by atoms with Crippen LogP contribution in [-0.4, -0.2) is 14.8 Å². The number of fused-ring (bicyclic) bond motifs is 1. The van der Waals surface area contributed by atoms with Crippen LogP contribution in [0.3, 0.4) is 0 Å². The zero-order valence-corrected chi connectivity index (χ0v) is 11.2. The first-order valence-electron chi connectivity index (χ1n) is 5.86. The SMILES string of the molecule is CCc1nc2ccc(-c3cc(N)n(C)n3)cc2s1.